The van der Waals surface area contributed by atoms with Gasteiger partial charge in [-0.25, -0.2) is 4.79 Å². The van der Waals surface area contributed by atoms with E-state index < -0.39 is 6.04 Å². The average Bonchev–Trinajstić information content (AvgIpc) is 2.44. The minimum Gasteiger partial charge on any atom is -0.464 e. The molecule has 1 unspecified atom stereocenters. The smallest absolute Gasteiger partial charge is 0.329 e. The van der Waals surface area contributed by atoms with Crippen LogP contribution in [0.25, 0.3) is 0 Å². The van der Waals surface area contributed by atoms with E-state index in [1.165, 1.54) is 5.57 Å². The maximum atomic E-state index is 11.5. The Morgan fingerprint density at radius 3 is 2.76 bits per heavy atom. The van der Waals surface area contributed by atoms with Crippen LogP contribution >= 0.6 is 15.9 Å². The summed E-state index contributed by atoms with van der Waals surface area (Å²) >= 11 is 3.41. The predicted molar refractivity (Wildman–Crippen MR) is 85.2 cm³/mol. The SMILES string of the molecule is CCOC(=O)C(C)N/N=C(/Br)C1=C(C)CCN(C(C)=O)C1. The lowest BCUT2D eigenvalue weighted by molar-refractivity contribution is -0.145. The Balaban J connectivity index is 2.72. The number of ether oxygens (including phenoxy) is 1. The van der Waals surface area contributed by atoms with E-state index in [1.807, 2.05) is 6.92 Å². The molecule has 1 aliphatic heterocycles. The van der Waals surface area contributed by atoms with E-state index >= 15 is 0 Å². The monoisotopic (exact) mass is 359 g/mol. The van der Waals surface area contributed by atoms with Crippen molar-refractivity contribution >= 4 is 32.4 Å². The maximum absolute atomic E-state index is 11.5. The quantitative estimate of drug-likeness (QED) is 0.461. The number of rotatable bonds is 5. The molecule has 1 heterocycles. The van der Waals surface area contributed by atoms with Gasteiger partial charge in [0.15, 0.2) is 0 Å². The Bertz CT molecular complexity index is 474. The van der Waals surface area contributed by atoms with Crippen molar-refractivity contribution in [2.45, 2.75) is 40.2 Å². The van der Waals surface area contributed by atoms with Crippen LogP contribution in [-0.2, 0) is 14.3 Å². The Labute approximate surface area is 133 Å². The van der Waals surface area contributed by atoms with Crippen molar-refractivity contribution in [3.63, 3.8) is 0 Å². The van der Waals surface area contributed by atoms with E-state index in [-0.39, 0.29) is 11.9 Å². The average molecular weight is 360 g/mol. The minimum absolute atomic E-state index is 0.0492. The lowest BCUT2D eigenvalue weighted by Crippen LogP contribution is -2.37. The highest BCUT2D eigenvalue weighted by Gasteiger charge is 2.21. The van der Waals surface area contributed by atoms with Gasteiger partial charge in [0.25, 0.3) is 0 Å². The minimum atomic E-state index is -0.522. The Hall–Kier alpha value is -1.37. The Kier molecular flexibility index (Phi) is 6.87. The van der Waals surface area contributed by atoms with Crippen LogP contribution in [0.1, 0.15) is 34.1 Å². The van der Waals surface area contributed by atoms with E-state index in [4.69, 9.17) is 4.74 Å². The summed E-state index contributed by atoms with van der Waals surface area (Å²) in [4.78, 5) is 24.7. The van der Waals surface area contributed by atoms with Gasteiger partial charge in [-0.2, -0.15) is 5.10 Å². The third-order valence-corrected chi connectivity index (χ3v) is 3.97. The zero-order valence-electron chi connectivity index (χ0n) is 12.9. The van der Waals surface area contributed by atoms with E-state index in [2.05, 4.69) is 26.5 Å². The maximum Gasteiger partial charge on any atom is 0.329 e. The van der Waals surface area contributed by atoms with Gasteiger partial charge in [0.05, 0.1) is 6.61 Å². The molecule has 21 heavy (non-hydrogen) atoms. The van der Waals surface area contributed by atoms with Gasteiger partial charge in [0.1, 0.15) is 10.7 Å². The molecule has 0 spiro atoms. The van der Waals surface area contributed by atoms with Gasteiger partial charge < -0.3 is 9.64 Å². The van der Waals surface area contributed by atoms with E-state index in [1.54, 1.807) is 25.7 Å². The van der Waals surface area contributed by atoms with Crippen LogP contribution in [0.3, 0.4) is 0 Å². The number of hydrazone groups is 1. The standard InChI is InChI=1S/C14H22BrN3O3/c1-5-21-14(20)10(3)16-17-13(15)12-8-18(11(4)19)7-6-9(12)2/h10,16H,5-8H2,1-4H3/b17-13+. The molecular weight excluding hydrogens is 338 g/mol. The molecule has 0 aromatic rings. The molecular formula is C14H22BrN3O3. The third-order valence-electron chi connectivity index (χ3n) is 3.31. The molecule has 0 saturated carbocycles. The lowest BCUT2D eigenvalue weighted by Gasteiger charge is -2.28. The van der Waals surface area contributed by atoms with Crippen molar-refractivity contribution in [3.05, 3.63) is 11.1 Å². The second-order valence-electron chi connectivity index (χ2n) is 4.95. The molecule has 1 N–H and O–H groups in total. The van der Waals surface area contributed by atoms with Gasteiger partial charge in [-0.3, -0.25) is 10.2 Å². The number of esters is 1. The molecule has 118 valence electrons. The highest BCUT2D eigenvalue weighted by Crippen LogP contribution is 2.21. The summed E-state index contributed by atoms with van der Waals surface area (Å²) in [5.74, 6) is -0.297. The number of hydrogen-bond donors (Lipinski definition) is 1. The first kappa shape index (κ1) is 17.7. The normalized spacial score (nSPS) is 17.6. The molecule has 0 aliphatic carbocycles. The van der Waals surface area contributed by atoms with Crippen LogP contribution in [-0.4, -0.2) is 47.1 Å². The first-order chi connectivity index (χ1) is 9.86. The van der Waals surface area contributed by atoms with E-state index in [0.717, 1.165) is 18.5 Å². The first-order valence-electron chi connectivity index (χ1n) is 6.96. The molecule has 0 aromatic carbocycles. The van der Waals surface area contributed by atoms with Crippen molar-refractivity contribution in [2.24, 2.45) is 5.10 Å². The van der Waals surface area contributed by atoms with Gasteiger partial charge in [-0.15, -0.1) is 0 Å². The number of nitrogens with zero attached hydrogens (tertiary/aromatic N) is 2. The molecule has 0 fully saturated rings. The Morgan fingerprint density at radius 1 is 1.52 bits per heavy atom. The van der Waals surface area contributed by atoms with Crippen molar-refractivity contribution in [2.75, 3.05) is 19.7 Å². The van der Waals surface area contributed by atoms with Crippen LogP contribution in [0.4, 0.5) is 0 Å². The second-order valence-corrected chi connectivity index (χ2v) is 5.71. The Morgan fingerprint density at radius 2 is 2.19 bits per heavy atom. The highest BCUT2D eigenvalue weighted by atomic mass is 79.9. The van der Waals surface area contributed by atoms with Crippen molar-refractivity contribution in [1.82, 2.24) is 10.3 Å². The summed E-state index contributed by atoms with van der Waals surface area (Å²) in [6, 6.07) is -0.522. The molecule has 6 nitrogen and oxygen atoms in total. The molecule has 1 rings (SSSR count). The number of hydrogen-bond acceptors (Lipinski definition) is 5. The van der Waals surface area contributed by atoms with Gasteiger partial charge in [-0.05, 0) is 43.1 Å². The largest absolute Gasteiger partial charge is 0.464 e. The topological polar surface area (TPSA) is 71.0 Å². The fourth-order valence-corrected chi connectivity index (χ4v) is 2.48. The lowest BCUT2D eigenvalue weighted by atomic mass is 10.0. The summed E-state index contributed by atoms with van der Waals surface area (Å²) in [6.07, 6.45) is 0.826. The van der Waals surface area contributed by atoms with E-state index in [0.29, 0.717) is 17.8 Å². The van der Waals surface area contributed by atoms with Crippen LogP contribution in [0, 0.1) is 0 Å². The van der Waals surface area contributed by atoms with Crippen LogP contribution in [0.5, 0.6) is 0 Å². The van der Waals surface area contributed by atoms with Crippen molar-refractivity contribution < 1.29 is 14.3 Å². The zero-order chi connectivity index (χ0) is 16.0. The number of amides is 1. The van der Waals surface area contributed by atoms with Crippen LogP contribution in [0.2, 0.25) is 0 Å². The summed E-state index contributed by atoms with van der Waals surface area (Å²) in [6.45, 7) is 8.64. The van der Waals surface area contributed by atoms with Gasteiger partial charge in [0, 0.05) is 25.6 Å². The molecule has 7 heteroatoms. The fourth-order valence-electron chi connectivity index (χ4n) is 1.91. The van der Waals surface area contributed by atoms with Crippen molar-refractivity contribution in [3.8, 4) is 0 Å². The number of carbonyl (C=O) groups excluding carboxylic acids is 2. The van der Waals surface area contributed by atoms with Crippen LogP contribution in [0.15, 0.2) is 16.2 Å². The van der Waals surface area contributed by atoms with Crippen molar-refractivity contribution in [1.29, 1.82) is 0 Å². The molecule has 0 radical (unpaired) electrons. The molecule has 0 bridgehead atoms. The number of halogens is 1. The second kappa shape index (κ2) is 8.17. The van der Waals surface area contributed by atoms with E-state index in [9.17, 15) is 9.59 Å². The summed E-state index contributed by atoms with van der Waals surface area (Å²) in [7, 11) is 0. The molecule has 0 aromatic heterocycles. The first-order valence-corrected chi connectivity index (χ1v) is 7.76. The van der Waals surface area contributed by atoms with Gasteiger partial charge in [0.2, 0.25) is 5.91 Å². The molecule has 1 aliphatic rings. The zero-order valence-corrected chi connectivity index (χ0v) is 14.5. The summed E-state index contributed by atoms with van der Waals surface area (Å²) < 4.78 is 5.51. The number of nitrogens with one attached hydrogen (secondary N) is 1. The summed E-state index contributed by atoms with van der Waals surface area (Å²) in [5.41, 5.74) is 4.92. The van der Waals surface area contributed by atoms with Gasteiger partial charge >= 0.3 is 5.97 Å². The highest BCUT2D eigenvalue weighted by molar-refractivity contribution is 9.18. The van der Waals surface area contributed by atoms with Crippen LogP contribution < -0.4 is 5.43 Å². The summed E-state index contributed by atoms with van der Waals surface area (Å²) in [5, 5.41) is 4.18. The molecule has 0 saturated heterocycles. The van der Waals surface area contributed by atoms with Gasteiger partial charge in [-0.1, -0.05) is 5.57 Å². The predicted octanol–water partition coefficient (Wildman–Crippen LogP) is 1.80. The third kappa shape index (κ3) is 5.15. The number of carbonyl (C=O) groups is 2. The molecule has 1 atom stereocenters. The molecule has 1 amide bonds. The fraction of sp³-hybridized carbons (Fsp3) is 0.643.